The highest BCUT2D eigenvalue weighted by Gasteiger charge is 2.23. The summed E-state index contributed by atoms with van der Waals surface area (Å²) in [6.07, 6.45) is 0. The lowest BCUT2D eigenvalue weighted by Gasteiger charge is -2.01. The van der Waals surface area contributed by atoms with Crippen molar-refractivity contribution in [3.05, 3.63) is 29.4 Å². The van der Waals surface area contributed by atoms with Crippen LogP contribution in [0.15, 0.2) is 13.7 Å². The number of carbonyl (C=O) groups excluding carboxylic acids is 1. The number of hydrogen-bond acceptors (Lipinski definition) is 5. The number of rotatable bonds is 3. The maximum atomic E-state index is 11.5. The van der Waals surface area contributed by atoms with E-state index in [9.17, 15) is 19.7 Å². The third-order valence-corrected chi connectivity index (χ3v) is 3.59. The maximum Gasteiger partial charge on any atom is 0.404 e. The Bertz CT molecular complexity index is 525. The normalized spacial score (nSPS) is 10.2. The van der Waals surface area contributed by atoms with E-state index in [1.54, 1.807) is 0 Å². The van der Waals surface area contributed by atoms with Gasteiger partial charge in [-0.05, 0) is 43.7 Å². The minimum atomic E-state index is -0.745. The number of halogens is 2. The third kappa shape index (κ3) is 2.53. The van der Waals surface area contributed by atoms with E-state index >= 15 is 0 Å². The summed E-state index contributed by atoms with van der Waals surface area (Å²) >= 11 is 5.79. The van der Waals surface area contributed by atoms with Crippen molar-refractivity contribution >= 4 is 43.5 Å². The molecule has 0 amide bonds. The summed E-state index contributed by atoms with van der Waals surface area (Å²) in [6, 6.07) is 0. The summed E-state index contributed by atoms with van der Waals surface area (Å²) in [5.74, 6) is -0.842. The molecule has 9 heteroatoms. The quantitative estimate of drug-likeness (QED) is 0.601. The topological polar surface area (TPSA) is 95.1 Å². The largest absolute Gasteiger partial charge is 0.404 e. The molecule has 0 aromatic carbocycles. The SMILES string of the molecule is CC(=O)Cn1nc([N+](=O)[O-])c(Br)c(Br)c1=O. The van der Waals surface area contributed by atoms with Gasteiger partial charge in [0.2, 0.25) is 0 Å². The van der Waals surface area contributed by atoms with Crippen LogP contribution < -0.4 is 5.56 Å². The zero-order valence-electron chi connectivity index (χ0n) is 7.94. The summed E-state index contributed by atoms with van der Waals surface area (Å²) in [5.41, 5.74) is -0.604. The van der Waals surface area contributed by atoms with Crippen LogP contribution in [0.25, 0.3) is 0 Å². The molecule has 7 nitrogen and oxygen atoms in total. The van der Waals surface area contributed by atoms with Gasteiger partial charge in [0.15, 0.2) is 5.78 Å². The third-order valence-electron chi connectivity index (χ3n) is 1.57. The molecule has 16 heavy (non-hydrogen) atoms. The monoisotopic (exact) mass is 353 g/mol. The van der Waals surface area contributed by atoms with Crippen molar-refractivity contribution in [2.75, 3.05) is 0 Å². The molecule has 0 radical (unpaired) electrons. The second-order valence-corrected chi connectivity index (χ2v) is 4.46. The average Bonchev–Trinajstić information content (AvgIpc) is 2.18. The highest BCUT2D eigenvalue weighted by molar-refractivity contribution is 9.13. The van der Waals surface area contributed by atoms with Crippen molar-refractivity contribution in [3.63, 3.8) is 0 Å². The zero-order valence-corrected chi connectivity index (χ0v) is 11.1. The molecule has 0 atom stereocenters. The first-order chi connectivity index (χ1) is 7.34. The molecular formula is C7H5Br2N3O4. The van der Waals surface area contributed by atoms with E-state index in [2.05, 4.69) is 37.0 Å². The van der Waals surface area contributed by atoms with Gasteiger partial charge >= 0.3 is 11.4 Å². The van der Waals surface area contributed by atoms with Gasteiger partial charge in [-0.3, -0.25) is 9.59 Å². The summed E-state index contributed by atoms with van der Waals surface area (Å²) in [5, 5.41) is 14.1. The fourth-order valence-electron chi connectivity index (χ4n) is 0.944. The molecule has 0 saturated carbocycles. The fourth-order valence-corrected chi connectivity index (χ4v) is 1.72. The van der Waals surface area contributed by atoms with Crippen LogP contribution in [0.1, 0.15) is 6.92 Å². The molecular weight excluding hydrogens is 350 g/mol. The lowest BCUT2D eigenvalue weighted by molar-refractivity contribution is -0.391. The Morgan fingerprint density at radius 2 is 2.06 bits per heavy atom. The molecule has 0 spiro atoms. The molecule has 1 aromatic rings. The minimum absolute atomic E-state index is 0.0320. The predicted molar refractivity (Wildman–Crippen MR) is 61.2 cm³/mol. The number of hydrogen-bond donors (Lipinski definition) is 0. The molecule has 1 rings (SSSR count). The van der Waals surface area contributed by atoms with Crippen LogP contribution in [-0.2, 0) is 11.3 Å². The first-order valence-electron chi connectivity index (χ1n) is 3.94. The number of nitro groups is 1. The number of carbonyl (C=O) groups is 1. The lowest BCUT2D eigenvalue weighted by Crippen LogP contribution is -2.27. The Labute approximate surface area is 106 Å². The van der Waals surface area contributed by atoms with E-state index in [0.29, 0.717) is 0 Å². The number of nitrogens with zero attached hydrogens (tertiary/aromatic N) is 3. The Morgan fingerprint density at radius 3 is 2.50 bits per heavy atom. The highest BCUT2D eigenvalue weighted by atomic mass is 79.9. The van der Waals surface area contributed by atoms with Gasteiger partial charge in [-0.2, -0.15) is 0 Å². The van der Waals surface area contributed by atoms with Crippen molar-refractivity contribution in [1.29, 1.82) is 0 Å². The fraction of sp³-hybridized carbons (Fsp3) is 0.286. The van der Waals surface area contributed by atoms with Crippen LogP contribution in [0.4, 0.5) is 5.82 Å². The second-order valence-electron chi connectivity index (χ2n) is 2.87. The molecule has 86 valence electrons. The van der Waals surface area contributed by atoms with Crippen molar-refractivity contribution in [1.82, 2.24) is 9.78 Å². The van der Waals surface area contributed by atoms with Crippen LogP contribution >= 0.6 is 31.9 Å². The van der Waals surface area contributed by atoms with E-state index in [1.807, 2.05) is 0 Å². The number of Topliss-reactive ketones (excluding diaryl/α,β-unsaturated/α-hetero) is 1. The molecule has 0 bridgehead atoms. The molecule has 1 heterocycles. The Balaban J connectivity index is 3.47. The van der Waals surface area contributed by atoms with E-state index < -0.39 is 16.3 Å². The van der Waals surface area contributed by atoms with Crippen molar-refractivity contribution < 1.29 is 9.72 Å². The molecule has 0 saturated heterocycles. The number of aromatic nitrogens is 2. The molecule has 0 unspecified atom stereocenters. The number of ketones is 1. The predicted octanol–water partition coefficient (Wildman–Crippen LogP) is 1.27. The Hall–Kier alpha value is -1.09. The summed E-state index contributed by atoms with van der Waals surface area (Å²) < 4.78 is 0.674. The van der Waals surface area contributed by atoms with Crippen molar-refractivity contribution in [2.24, 2.45) is 0 Å². The van der Waals surface area contributed by atoms with Crippen LogP contribution in [0.3, 0.4) is 0 Å². The lowest BCUT2D eigenvalue weighted by atomic mass is 10.4. The van der Waals surface area contributed by atoms with E-state index in [-0.39, 0.29) is 21.3 Å². The van der Waals surface area contributed by atoms with Crippen molar-refractivity contribution in [3.8, 4) is 0 Å². The van der Waals surface area contributed by atoms with Gasteiger partial charge < -0.3 is 10.1 Å². The van der Waals surface area contributed by atoms with E-state index in [0.717, 1.165) is 4.68 Å². The van der Waals surface area contributed by atoms with Crippen LogP contribution in [-0.4, -0.2) is 20.5 Å². The molecule has 1 aromatic heterocycles. The van der Waals surface area contributed by atoms with Gasteiger partial charge in [0.1, 0.15) is 15.5 Å². The van der Waals surface area contributed by atoms with Gasteiger partial charge in [0, 0.05) is 0 Å². The maximum absolute atomic E-state index is 11.5. The van der Waals surface area contributed by atoms with Crippen molar-refractivity contribution in [2.45, 2.75) is 13.5 Å². The molecule has 0 aliphatic rings. The standard InChI is InChI=1S/C7H5Br2N3O4/c1-3(13)2-11-7(14)5(9)4(8)6(10-11)12(15)16/h2H2,1H3. The van der Waals surface area contributed by atoms with E-state index in [4.69, 9.17) is 0 Å². The smallest absolute Gasteiger partial charge is 0.358 e. The molecule has 0 N–H and O–H groups in total. The van der Waals surface area contributed by atoms with Gasteiger partial charge in [0.25, 0.3) is 0 Å². The van der Waals surface area contributed by atoms with Gasteiger partial charge in [-0.1, -0.05) is 0 Å². The van der Waals surface area contributed by atoms with Gasteiger partial charge in [-0.25, -0.2) is 0 Å². The van der Waals surface area contributed by atoms with E-state index in [1.165, 1.54) is 6.92 Å². The Morgan fingerprint density at radius 1 is 1.50 bits per heavy atom. The van der Waals surface area contributed by atoms with Crippen LogP contribution in [0.5, 0.6) is 0 Å². The zero-order chi connectivity index (χ0) is 12.5. The first-order valence-corrected chi connectivity index (χ1v) is 5.53. The molecule has 0 aliphatic heterocycles. The first kappa shape index (κ1) is 13.0. The highest BCUT2D eigenvalue weighted by Crippen LogP contribution is 2.26. The summed E-state index contributed by atoms with van der Waals surface area (Å²) in [6.45, 7) is 0.960. The summed E-state index contributed by atoms with van der Waals surface area (Å²) in [7, 11) is 0. The minimum Gasteiger partial charge on any atom is -0.358 e. The second kappa shape index (κ2) is 4.83. The van der Waals surface area contributed by atoms with Crippen LogP contribution in [0, 0.1) is 10.1 Å². The van der Waals surface area contributed by atoms with Crippen LogP contribution in [0.2, 0.25) is 0 Å². The molecule has 0 aliphatic carbocycles. The van der Waals surface area contributed by atoms with Gasteiger partial charge in [-0.15, -0.1) is 4.68 Å². The summed E-state index contributed by atoms with van der Waals surface area (Å²) in [4.78, 5) is 32.3. The average molecular weight is 355 g/mol. The van der Waals surface area contributed by atoms with Gasteiger partial charge in [0.05, 0.1) is 5.10 Å². The molecule has 0 fully saturated rings. The Kier molecular flexibility index (Phi) is 3.92.